The Labute approximate surface area is 234 Å². The Bertz CT molecular complexity index is 1180. The molecule has 3 aromatic rings. The van der Waals surface area contributed by atoms with Crippen molar-refractivity contribution in [2.24, 2.45) is 0 Å². The number of halogens is 1. The summed E-state index contributed by atoms with van der Waals surface area (Å²) < 4.78 is 6.84. The molecule has 1 saturated carbocycles. The van der Waals surface area contributed by atoms with Crippen molar-refractivity contribution in [1.29, 1.82) is 0 Å². The quantitative estimate of drug-likeness (QED) is 0.284. The van der Waals surface area contributed by atoms with E-state index in [1.165, 1.54) is 12.0 Å². The van der Waals surface area contributed by atoms with Gasteiger partial charge in [0.1, 0.15) is 11.8 Å². The van der Waals surface area contributed by atoms with Crippen LogP contribution in [0.2, 0.25) is 0 Å². The summed E-state index contributed by atoms with van der Waals surface area (Å²) in [6, 6.07) is 25.1. The zero-order valence-corrected chi connectivity index (χ0v) is 23.7. The summed E-state index contributed by atoms with van der Waals surface area (Å²) in [4.78, 5) is 29.3. The highest BCUT2D eigenvalue weighted by molar-refractivity contribution is 9.10. The fourth-order valence-corrected chi connectivity index (χ4v) is 5.43. The molecule has 0 bridgehead atoms. The molecule has 200 valence electrons. The molecule has 0 saturated heterocycles. The van der Waals surface area contributed by atoms with Gasteiger partial charge in [0.2, 0.25) is 5.91 Å². The number of carbonyl (C=O) groups excluding carboxylic acids is 2. The molecule has 3 aromatic carbocycles. The van der Waals surface area contributed by atoms with Crippen LogP contribution in [0.15, 0.2) is 83.3 Å². The van der Waals surface area contributed by atoms with E-state index in [2.05, 4.69) is 28.2 Å². The van der Waals surface area contributed by atoms with Gasteiger partial charge in [-0.15, -0.1) is 0 Å². The number of hydrogen-bond donors (Lipinski definition) is 1. The van der Waals surface area contributed by atoms with E-state index < -0.39 is 6.04 Å². The average Bonchev–Trinajstić information content (AvgIpc) is 2.95. The van der Waals surface area contributed by atoms with E-state index in [9.17, 15) is 9.59 Å². The summed E-state index contributed by atoms with van der Waals surface area (Å²) in [5.41, 5.74) is 3.17. The van der Waals surface area contributed by atoms with Gasteiger partial charge in [-0.25, -0.2) is 0 Å². The Kier molecular flexibility index (Phi) is 10.4. The molecule has 1 fully saturated rings. The van der Waals surface area contributed by atoms with E-state index >= 15 is 0 Å². The molecular weight excluding hydrogens is 540 g/mol. The Morgan fingerprint density at radius 3 is 2.32 bits per heavy atom. The van der Waals surface area contributed by atoms with E-state index in [1.54, 1.807) is 4.90 Å². The summed E-state index contributed by atoms with van der Waals surface area (Å²) in [6.07, 6.45) is 6.81. The summed E-state index contributed by atoms with van der Waals surface area (Å²) in [6.45, 7) is 2.28. The predicted molar refractivity (Wildman–Crippen MR) is 155 cm³/mol. The van der Waals surface area contributed by atoms with E-state index in [0.717, 1.165) is 47.7 Å². The van der Waals surface area contributed by atoms with Crippen LogP contribution in [0.5, 0.6) is 5.75 Å². The van der Waals surface area contributed by atoms with Crippen molar-refractivity contribution in [1.82, 2.24) is 10.2 Å². The lowest BCUT2D eigenvalue weighted by atomic mass is 9.94. The summed E-state index contributed by atoms with van der Waals surface area (Å²) >= 11 is 3.54. The number of aryl methyl sites for hydroxylation is 1. The summed E-state index contributed by atoms with van der Waals surface area (Å²) in [5, 5.41) is 3.28. The van der Waals surface area contributed by atoms with Crippen molar-refractivity contribution in [3.05, 3.63) is 100 Å². The Morgan fingerprint density at radius 2 is 1.63 bits per heavy atom. The minimum absolute atomic E-state index is 0.101. The van der Waals surface area contributed by atoms with Gasteiger partial charge in [0.15, 0.2) is 6.61 Å². The van der Waals surface area contributed by atoms with Crippen molar-refractivity contribution < 1.29 is 14.3 Å². The molecule has 4 rings (SSSR count). The molecule has 6 heteroatoms. The third-order valence-corrected chi connectivity index (χ3v) is 7.65. The number of rotatable bonds is 11. The summed E-state index contributed by atoms with van der Waals surface area (Å²) in [5.74, 6) is 0.324. The second kappa shape index (κ2) is 14.1. The molecule has 0 heterocycles. The van der Waals surface area contributed by atoms with Gasteiger partial charge in [-0.3, -0.25) is 9.59 Å². The number of hydrogen-bond acceptors (Lipinski definition) is 3. The normalized spacial score (nSPS) is 14.5. The molecule has 0 aromatic heterocycles. The van der Waals surface area contributed by atoms with Gasteiger partial charge in [-0.1, -0.05) is 96.7 Å². The average molecular weight is 578 g/mol. The van der Waals surface area contributed by atoms with Gasteiger partial charge >= 0.3 is 0 Å². The second-order valence-electron chi connectivity index (χ2n) is 9.99. The van der Waals surface area contributed by atoms with Crippen LogP contribution in [-0.4, -0.2) is 35.4 Å². The predicted octanol–water partition coefficient (Wildman–Crippen LogP) is 6.48. The highest BCUT2D eigenvalue weighted by Crippen LogP contribution is 2.21. The van der Waals surface area contributed by atoms with Gasteiger partial charge in [0.25, 0.3) is 5.91 Å². The first-order valence-corrected chi connectivity index (χ1v) is 14.4. The van der Waals surface area contributed by atoms with Crippen LogP contribution in [0.3, 0.4) is 0 Å². The van der Waals surface area contributed by atoms with Gasteiger partial charge in [0.05, 0.1) is 0 Å². The number of amides is 2. The SMILES string of the molecule is CCc1ccc(OCC(=O)N(Cc2cccc(Br)c2)[C@@H](Cc2ccccc2)C(=O)NC2CCCCC2)cc1. The molecule has 0 unspecified atom stereocenters. The first-order valence-electron chi connectivity index (χ1n) is 13.6. The molecular formula is C32H37BrN2O3. The monoisotopic (exact) mass is 576 g/mol. The fourth-order valence-electron chi connectivity index (χ4n) is 4.98. The van der Waals surface area contributed by atoms with Crippen LogP contribution in [0.25, 0.3) is 0 Å². The van der Waals surface area contributed by atoms with Crippen molar-refractivity contribution >= 4 is 27.7 Å². The number of ether oxygens (including phenoxy) is 1. The fraction of sp³-hybridized carbons (Fsp3) is 0.375. The van der Waals surface area contributed by atoms with Crippen molar-refractivity contribution in [2.45, 2.75) is 70.5 Å². The van der Waals surface area contributed by atoms with Crippen molar-refractivity contribution in [2.75, 3.05) is 6.61 Å². The maximum atomic E-state index is 13.8. The second-order valence-corrected chi connectivity index (χ2v) is 10.9. The zero-order chi connectivity index (χ0) is 26.7. The zero-order valence-electron chi connectivity index (χ0n) is 22.1. The Hall–Kier alpha value is -3.12. The van der Waals surface area contributed by atoms with E-state index in [1.807, 2.05) is 78.9 Å². The molecule has 1 atom stereocenters. The van der Waals surface area contributed by atoms with Crippen molar-refractivity contribution in [3.63, 3.8) is 0 Å². The first kappa shape index (κ1) is 27.9. The van der Waals surface area contributed by atoms with E-state index in [-0.39, 0.29) is 24.5 Å². The van der Waals surface area contributed by atoms with Crippen LogP contribution in [-0.2, 0) is 29.0 Å². The molecule has 0 aliphatic heterocycles. The van der Waals surface area contributed by atoms with E-state index in [0.29, 0.717) is 18.7 Å². The van der Waals surface area contributed by atoms with E-state index in [4.69, 9.17) is 4.74 Å². The minimum Gasteiger partial charge on any atom is -0.484 e. The van der Waals surface area contributed by atoms with Crippen LogP contribution in [0, 0.1) is 0 Å². The number of nitrogens with zero attached hydrogens (tertiary/aromatic N) is 1. The molecule has 1 N–H and O–H groups in total. The van der Waals surface area contributed by atoms with Crippen molar-refractivity contribution in [3.8, 4) is 5.75 Å². The largest absolute Gasteiger partial charge is 0.484 e. The molecule has 1 aliphatic carbocycles. The lowest BCUT2D eigenvalue weighted by molar-refractivity contribution is -0.143. The minimum atomic E-state index is -0.656. The van der Waals surface area contributed by atoms with Gasteiger partial charge < -0.3 is 15.0 Å². The highest BCUT2D eigenvalue weighted by atomic mass is 79.9. The molecule has 0 radical (unpaired) electrons. The number of benzene rings is 3. The number of carbonyl (C=O) groups is 2. The third-order valence-electron chi connectivity index (χ3n) is 7.16. The lowest BCUT2D eigenvalue weighted by Crippen LogP contribution is -2.53. The Balaban J connectivity index is 1.59. The molecule has 5 nitrogen and oxygen atoms in total. The van der Waals surface area contributed by atoms with Crippen LogP contribution < -0.4 is 10.1 Å². The van der Waals surface area contributed by atoms with Gasteiger partial charge in [-0.2, -0.15) is 0 Å². The molecule has 0 spiro atoms. The lowest BCUT2D eigenvalue weighted by Gasteiger charge is -2.33. The first-order chi connectivity index (χ1) is 18.5. The Morgan fingerprint density at radius 1 is 0.921 bits per heavy atom. The molecule has 1 aliphatic rings. The number of nitrogens with one attached hydrogen (secondary N) is 1. The van der Waals surface area contributed by atoms with Gasteiger partial charge in [0, 0.05) is 23.5 Å². The molecule has 2 amide bonds. The summed E-state index contributed by atoms with van der Waals surface area (Å²) in [7, 11) is 0. The maximum absolute atomic E-state index is 13.8. The highest BCUT2D eigenvalue weighted by Gasteiger charge is 2.32. The van der Waals surface area contributed by atoms with Gasteiger partial charge in [-0.05, 0) is 60.2 Å². The third kappa shape index (κ3) is 8.19. The topological polar surface area (TPSA) is 58.6 Å². The molecule has 38 heavy (non-hydrogen) atoms. The van der Waals surface area contributed by atoms with Crippen LogP contribution in [0.1, 0.15) is 55.7 Å². The standard InChI is InChI=1S/C32H37BrN2O3/c1-2-24-16-18-29(19-17-24)38-23-31(36)35(22-26-12-9-13-27(33)20-26)30(21-25-10-5-3-6-11-25)32(37)34-28-14-7-4-8-15-28/h3,5-6,9-13,16-20,28,30H,2,4,7-8,14-15,21-23H2,1H3,(H,34,37)/t30-/m0/s1. The van der Waals surface area contributed by atoms with Crippen LogP contribution >= 0.6 is 15.9 Å². The van der Waals surface area contributed by atoms with Crippen LogP contribution in [0.4, 0.5) is 0 Å². The maximum Gasteiger partial charge on any atom is 0.261 e. The smallest absolute Gasteiger partial charge is 0.261 e.